The van der Waals surface area contributed by atoms with Crippen molar-refractivity contribution in [2.75, 3.05) is 0 Å². The Bertz CT molecular complexity index is 830. The lowest BCUT2D eigenvalue weighted by molar-refractivity contribution is 0.406. The monoisotopic (exact) mass is 324 g/mol. The fraction of sp³-hybridized carbons (Fsp3) is 0. The first-order chi connectivity index (χ1) is 9.63. The first-order valence-electron chi connectivity index (χ1n) is 5.47. The predicted molar refractivity (Wildman–Crippen MR) is 78.2 cm³/mol. The Hall–Kier alpha value is -1.76. The molecule has 0 saturated heterocycles. The van der Waals surface area contributed by atoms with E-state index in [2.05, 4.69) is 20.1 Å². The molecule has 1 aromatic carbocycles. The maximum Gasteiger partial charge on any atom is 0.314 e. The van der Waals surface area contributed by atoms with E-state index < -0.39 is 0 Å². The molecule has 2 aromatic heterocycles. The normalized spacial score (nSPS) is 10.7. The average Bonchev–Trinajstić information content (AvgIpc) is 2.89. The molecule has 0 aliphatic rings. The lowest BCUT2D eigenvalue weighted by atomic mass is 10.1. The van der Waals surface area contributed by atoms with Gasteiger partial charge in [0, 0.05) is 5.56 Å². The van der Waals surface area contributed by atoms with Crippen LogP contribution >= 0.6 is 35.4 Å². The van der Waals surface area contributed by atoms with Crippen LogP contribution in [0.2, 0.25) is 10.0 Å². The molecule has 100 valence electrons. The molecule has 1 N–H and O–H groups in total. The lowest BCUT2D eigenvalue weighted by Gasteiger charge is -2.03. The number of benzene rings is 1. The summed E-state index contributed by atoms with van der Waals surface area (Å²) in [6.07, 6.45) is 1.43. The Balaban J connectivity index is 2.07. The highest BCUT2D eigenvalue weighted by Gasteiger charge is 2.08. The van der Waals surface area contributed by atoms with Crippen LogP contribution in [0.3, 0.4) is 0 Å². The van der Waals surface area contributed by atoms with Crippen molar-refractivity contribution in [1.29, 1.82) is 0 Å². The number of hydrogen-bond acceptors (Lipinski definition) is 5. The van der Waals surface area contributed by atoms with Gasteiger partial charge < -0.3 is 4.52 Å². The molecule has 0 fully saturated rings. The molecule has 3 aromatic rings. The summed E-state index contributed by atoms with van der Waals surface area (Å²) >= 11 is 16.7. The molecule has 0 radical (unpaired) electrons. The molecule has 0 aliphatic carbocycles. The van der Waals surface area contributed by atoms with E-state index >= 15 is 0 Å². The molecular weight excluding hydrogens is 319 g/mol. The summed E-state index contributed by atoms with van der Waals surface area (Å²) in [6.45, 7) is 0. The number of rotatable bonds is 2. The molecule has 0 saturated carbocycles. The smallest absolute Gasteiger partial charge is 0.314 e. The number of nitrogens with zero attached hydrogens (tertiary/aromatic N) is 3. The highest BCUT2D eigenvalue weighted by Crippen LogP contribution is 2.28. The molecule has 5 nitrogen and oxygen atoms in total. The summed E-state index contributed by atoms with van der Waals surface area (Å²) in [4.78, 5) is 12.4. The molecule has 2 heterocycles. The SMILES string of the molecule is S=c1nc(-c2cc(-c3ccc(Cl)c(Cl)c3)ncn2)[nH]o1. The molecule has 0 bridgehead atoms. The van der Waals surface area contributed by atoms with E-state index in [0.29, 0.717) is 27.3 Å². The van der Waals surface area contributed by atoms with Gasteiger partial charge in [-0.2, -0.15) is 10.1 Å². The number of H-pyrrole nitrogens is 1. The van der Waals surface area contributed by atoms with Crippen LogP contribution in [0, 0.1) is 4.84 Å². The van der Waals surface area contributed by atoms with Crippen LogP contribution < -0.4 is 0 Å². The number of nitrogens with one attached hydrogen (secondary N) is 1. The fourth-order valence-corrected chi connectivity index (χ4v) is 2.07. The summed E-state index contributed by atoms with van der Waals surface area (Å²) in [5.41, 5.74) is 2.09. The van der Waals surface area contributed by atoms with Crippen LogP contribution in [-0.4, -0.2) is 20.1 Å². The first-order valence-corrected chi connectivity index (χ1v) is 6.63. The number of aromatic amines is 1. The van der Waals surface area contributed by atoms with Gasteiger partial charge in [-0.05, 0) is 30.4 Å². The summed E-state index contributed by atoms with van der Waals surface area (Å²) in [5, 5.41) is 3.55. The van der Waals surface area contributed by atoms with Crippen molar-refractivity contribution in [2.45, 2.75) is 0 Å². The van der Waals surface area contributed by atoms with Crippen LogP contribution in [-0.2, 0) is 0 Å². The molecule has 0 atom stereocenters. The standard InChI is InChI=1S/C12H6Cl2N4OS/c13-7-2-1-6(3-8(7)14)9-4-10(16-5-15-9)11-17-12(20)19-18-11/h1-5H,(H,17,18,20). The van der Waals surface area contributed by atoms with Crippen molar-refractivity contribution in [3.8, 4) is 22.8 Å². The van der Waals surface area contributed by atoms with Gasteiger partial charge in [-0.3, -0.25) is 0 Å². The molecule has 8 heteroatoms. The van der Waals surface area contributed by atoms with Gasteiger partial charge in [0.2, 0.25) is 0 Å². The molecule has 0 unspecified atom stereocenters. The van der Waals surface area contributed by atoms with Crippen LogP contribution in [0.15, 0.2) is 35.1 Å². The van der Waals surface area contributed by atoms with Crippen molar-refractivity contribution >= 4 is 35.4 Å². The Morgan fingerprint density at radius 3 is 2.55 bits per heavy atom. The molecule has 0 aliphatic heterocycles. The van der Waals surface area contributed by atoms with Gasteiger partial charge in [-0.15, -0.1) is 0 Å². The highest BCUT2D eigenvalue weighted by molar-refractivity contribution is 7.71. The fourth-order valence-electron chi connectivity index (χ4n) is 1.64. The van der Waals surface area contributed by atoms with Gasteiger partial charge in [-0.1, -0.05) is 29.3 Å². The average molecular weight is 325 g/mol. The van der Waals surface area contributed by atoms with Crippen molar-refractivity contribution in [3.63, 3.8) is 0 Å². The van der Waals surface area contributed by atoms with Crippen molar-refractivity contribution < 1.29 is 4.52 Å². The van der Waals surface area contributed by atoms with E-state index in [1.165, 1.54) is 6.33 Å². The Morgan fingerprint density at radius 1 is 1.05 bits per heavy atom. The maximum atomic E-state index is 6.00. The van der Waals surface area contributed by atoms with E-state index in [9.17, 15) is 0 Å². The van der Waals surface area contributed by atoms with E-state index in [1.807, 2.05) is 6.07 Å². The Morgan fingerprint density at radius 2 is 1.85 bits per heavy atom. The van der Waals surface area contributed by atoms with Crippen LogP contribution in [0.5, 0.6) is 0 Å². The molecule has 0 spiro atoms. The van der Waals surface area contributed by atoms with E-state index in [0.717, 1.165) is 5.56 Å². The van der Waals surface area contributed by atoms with Gasteiger partial charge in [-0.25, -0.2) is 9.97 Å². The van der Waals surface area contributed by atoms with Gasteiger partial charge in [0.25, 0.3) is 0 Å². The molecular formula is C12H6Cl2N4OS. The zero-order valence-corrected chi connectivity index (χ0v) is 12.1. The van der Waals surface area contributed by atoms with Gasteiger partial charge >= 0.3 is 4.84 Å². The minimum absolute atomic E-state index is 0.120. The summed E-state index contributed by atoms with van der Waals surface area (Å²) in [6, 6.07) is 7.03. The zero-order chi connectivity index (χ0) is 14.1. The maximum absolute atomic E-state index is 6.00. The second-order valence-electron chi connectivity index (χ2n) is 3.85. The summed E-state index contributed by atoms with van der Waals surface area (Å²) in [5.74, 6) is 0.443. The largest absolute Gasteiger partial charge is 0.348 e. The molecule has 0 amide bonds. The first kappa shape index (κ1) is 13.2. The lowest BCUT2D eigenvalue weighted by Crippen LogP contribution is -1.90. The zero-order valence-electron chi connectivity index (χ0n) is 9.80. The second kappa shape index (κ2) is 5.32. The van der Waals surface area contributed by atoms with Crippen molar-refractivity contribution in [2.24, 2.45) is 0 Å². The van der Waals surface area contributed by atoms with E-state index in [-0.39, 0.29) is 4.84 Å². The summed E-state index contributed by atoms with van der Waals surface area (Å²) in [7, 11) is 0. The van der Waals surface area contributed by atoms with Gasteiger partial charge in [0.15, 0.2) is 5.82 Å². The summed E-state index contributed by atoms with van der Waals surface area (Å²) < 4.78 is 4.88. The Kier molecular flexibility index (Phi) is 3.52. The van der Waals surface area contributed by atoms with Gasteiger partial charge in [0.1, 0.15) is 12.0 Å². The van der Waals surface area contributed by atoms with Crippen LogP contribution in [0.25, 0.3) is 22.8 Å². The second-order valence-corrected chi connectivity index (χ2v) is 5.01. The third-order valence-corrected chi connectivity index (χ3v) is 3.48. The Labute approximate surface area is 128 Å². The quantitative estimate of drug-likeness (QED) is 0.717. The number of halogens is 2. The minimum Gasteiger partial charge on any atom is -0.348 e. The third kappa shape index (κ3) is 2.58. The highest BCUT2D eigenvalue weighted by atomic mass is 35.5. The van der Waals surface area contributed by atoms with E-state index in [4.69, 9.17) is 39.9 Å². The third-order valence-electron chi connectivity index (χ3n) is 2.56. The number of aromatic nitrogens is 4. The van der Waals surface area contributed by atoms with Crippen LogP contribution in [0.4, 0.5) is 0 Å². The molecule has 20 heavy (non-hydrogen) atoms. The predicted octanol–water partition coefficient (Wildman–Crippen LogP) is 4.16. The van der Waals surface area contributed by atoms with Gasteiger partial charge in [0.05, 0.1) is 15.7 Å². The molecule has 3 rings (SSSR count). The van der Waals surface area contributed by atoms with Crippen molar-refractivity contribution in [3.05, 3.63) is 45.5 Å². The van der Waals surface area contributed by atoms with Crippen molar-refractivity contribution in [1.82, 2.24) is 20.1 Å². The van der Waals surface area contributed by atoms with Crippen LogP contribution in [0.1, 0.15) is 0 Å². The van der Waals surface area contributed by atoms with E-state index in [1.54, 1.807) is 18.2 Å². The number of hydrogen-bond donors (Lipinski definition) is 1. The topological polar surface area (TPSA) is 67.6 Å². The minimum atomic E-state index is 0.120.